The summed E-state index contributed by atoms with van der Waals surface area (Å²) in [5.41, 5.74) is 8.58. The third kappa shape index (κ3) is 3.86. The molecule has 1 aliphatic heterocycles. The number of nitrogens with zero attached hydrogens (tertiary/aromatic N) is 1. The van der Waals surface area contributed by atoms with Gasteiger partial charge >= 0.3 is 6.03 Å². The number of rotatable bonds is 6. The standard InChI is InChI=1S/C22H27N3O3/c1-27-20-11-8-16(12-21(20)28-18-4-2-3-5-18)19-13-24-22(26)25(19)14-15-6-9-17(23)10-7-15/h6-12,18-19H,2-5,13-14,23H2,1H3,(H,24,26)/t19-/m1/s1. The first kappa shape index (κ1) is 18.5. The Bertz CT molecular complexity index is 831. The van der Waals surface area contributed by atoms with Gasteiger partial charge in [-0.15, -0.1) is 0 Å². The average molecular weight is 381 g/mol. The van der Waals surface area contributed by atoms with Crippen molar-refractivity contribution in [1.82, 2.24) is 10.2 Å². The minimum atomic E-state index is -0.0593. The van der Waals surface area contributed by atoms with Crippen LogP contribution < -0.4 is 20.5 Å². The Balaban J connectivity index is 1.57. The van der Waals surface area contributed by atoms with E-state index in [1.165, 1.54) is 12.8 Å². The monoisotopic (exact) mass is 381 g/mol. The van der Waals surface area contributed by atoms with Crippen LogP contribution in [-0.2, 0) is 6.54 Å². The van der Waals surface area contributed by atoms with Crippen LogP contribution in [0.5, 0.6) is 11.5 Å². The Morgan fingerprint density at radius 2 is 1.86 bits per heavy atom. The number of carbonyl (C=O) groups excluding carboxylic acids is 1. The molecule has 2 amide bonds. The maximum Gasteiger partial charge on any atom is 0.318 e. The van der Waals surface area contributed by atoms with Crippen molar-refractivity contribution in [2.75, 3.05) is 19.4 Å². The molecule has 148 valence electrons. The molecule has 0 aromatic heterocycles. The van der Waals surface area contributed by atoms with Gasteiger partial charge in [0.05, 0.1) is 19.3 Å². The van der Waals surface area contributed by atoms with Crippen LogP contribution in [0.3, 0.4) is 0 Å². The molecule has 1 aliphatic carbocycles. The van der Waals surface area contributed by atoms with Crippen molar-refractivity contribution in [2.24, 2.45) is 0 Å². The number of hydrogen-bond donors (Lipinski definition) is 2. The molecule has 2 aromatic carbocycles. The first-order chi connectivity index (χ1) is 13.6. The summed E-state index contributed by atoms with van der Waals surface area (Å²) < 4.78 is 11.7. The predicted molar refractivity (Wildman–Crippen MR) is 108 cm³/mol. The summed E-state index contributed by atoms with van der Waals surface area (Å²) in [6.07, 6.45) is 4.84. The molecule has 6 heteroatoms. The largest absolute Gasteiger partial charge is 0.493 e. The quantitative estimate of drug-likeness (QED) is 0.745. The van der Waals surface area contributed by atoms with Gasteiger partial charge in [-0.2, -0.15) is 0 Å². The van der Waals surface area contributed by atoms with Crippen LogP contribution in [0, 0.1) is 0 Å². The smallest absolute Gasteiger partial charge is 0.318 e. The van der Waals surface area contributed by atoms with E-state index in [0.29, 0.717) is 13.1 Å². The molecule has 1 saturated carbocycles. The van der Waals surface area contributed by atoms with E-state index in [2.05, 4.69) is 5.32 Å². The lowest BCUT2D eigenvalue weighted by Gasteiger charge is -2.25. The highest BCUT2D eigenvalue weighted by Gasteiger charge is 2.32. The van der Waals surface area contributed by atoms with Gasteiger partial charge in [0.25, 0.3) is 0 Å². The van der Waals surface area contributed by atoms with Crippen molar-refractivity contribution < 1.29 is 14.3 Å². The second-order valence-electron chi connectivity index (χ2n) is 7.51. The molecule has 2 aliphatic rings. The van der Waals surface area contributed by atoms with E-state index in [4.69, 9.17) is 15.2 Å². The van der Waals surface area contributed by atoms with Gasteiger partial charge in [0.15, 0.2) is 11.5 Å². The number of nitrogen functional groups attached to an aromatic ring is 1. The highest BCUT2D eigenvalue weighted by Crippen LogP contribution is 2.36. The molecular weight excluding hydrogens is 354 g/mol. The lowest BCUT2D eigenvalue weighted by atomic mass is 10.0. The van der Waals surface area contributed by atoms with Gasteiger partial charge in [0, 0.05) is 18.8 Å². The SMILES string of the molecule is COc1ccc([C@H]2CNC(=O)N2Cc2ccc(N)cc2)cc1OC1CCCC1. The van der Waals surface area contributed by atoms with Gasteiger partial charge in [-0.25, -0.2) is 4.79 Å². The molecular formula is C22H27N3O3. The number of anilines is 1. The Kier molecular flexibility index (Phi) is 5.28. The number of amides is 2. The average Bonchev–Trinajstić information content (AvgIpc) is 3.34. The number of benzene rings is 2. The van der Waals surface area contributed by atoms with Crippen molar-refractivity contribution in [2.45, 2.75) is 44.4 Å². The van der Waals surface area contributed by atoms with Crippen molar-refractivity contribution in [3.8, 4) is 11.5 Å². The molecule has 1 heterocycles. The predicted octanol–water partition coefficient (Wildman–Crippen LogP) is 3.87. The number of hydrogen-bond acceptors (Lipinski definition) is 4. The fourth-order valence-electron chi connectivity index (χ4n) is 4.02. The number of nitrogens with one attached hydrogen (secondary N) is 1. The second kappa shape index (κ2) is 8.00. The zero-order valence-corrected chi connectivity index (χ0v) is 16.2. The fraction of sp³-hybridized carbons (Fsp3) is 0.409. The molecule has 0 bridgehead atoms. The fourth-order valence-corrected chi connectivity index (χ4v) is 4.02. The summed E-state index contributed by atoms with van der Waals surface area (Å²) in [6, 6.07) is 13.5. The third-order valence-electron chi connectivity index (χ3n) is 5.58. The van der Waals surface area contributed by atoms with Gasteiger partial charge in [0.1, 0.15) is 0 Å². The Morgan fingerprint density at radius 3 is 2.57 bits per heavy atom. The van der Waals surface area contributed by atoms with Crippen molar-refractivity contribution in [3.63, 3.8) is 0 Å². The first-order valence-corrected chi connectivity index (χ1v) is 9.87. The lowest BCUT2D eigenvalue weighted by molar-refractivity contribution is 0.196. The molecule has 1 saturated heterocycles. The number of nitrogens with two attached hydrogens (primary N) is 1. The molecule has 1 atom stereocenters. The van der Waals surface area contributed by atoms with E-state index in [-0.39, 0.29) is 18.2 Å². The molecule has 2 fully saturated rings. The summed E-state index contributed by atoms with van der Waals surface area (Å²) in [5, 5.41) is 2.96. The minimum absolute atomic E-state index is 0.0538. The Morgan fingerprint density at radius 1 is 1.11 bits per heavy atom. The highest BCUT2D eigenvalue weighted by atomic mass is 16.5. The van der Waals surface area contributed by atoms with E-state index < -0.39 is 0 Å². The maximum absolute atomic E-state index is 12.5. The zero-order chi connectivity index (χ0) is 19.5. The van der Waals surface area contributed by atoms with Gasteiger partial charge in [-0.05, 0) is 61.1 Å². The Labute approximate surface area is 165 Å². The van der Waals surface area contributed by atoms with E-state index in [1.54, 1.807) is 7.11 Å². The molecule has 3 N–H and O–H groups in total. The summed E-state index contributed by atoms with van der Waals surface area (Å²) in [6.45, 7) is 1.10. The topological polar surface area (TPSA) is 76.8 Å². The molecule has 6 nitrogen and oxygen atoms in total. The molecule has 2 aromatic rings. The van der Waals surface area contributed by atoms with E-state index in [9.17, 15) is 4.79 Å². The number of carbonyl (C=O) groups is 1. The van der Waals surface area contributed by atoms with Gasteiger partial charge in [-0.3, -0.25) is 0 Å². The molecule has 0 radical (unpaired) electrons. The van der Waals surface area contributed by atoms with Crippen molar-refractivity contribution >= 4 is 11.7 Å². The minimum Gasteiger partial charge on any atom is -0.493 e. The normalized spacial score (nSPS) is 19.7. The first-order valence-electron chi connectivity index (χ1n) is 9.87. The van der Waals surface area contributed by atoms with Crippen LogP contribution in [0.4, 0.5) is 10.5 Å². The highest BCUT2D eigenvalue weighted by molar-refractivity contribution is 5.77. The van der Waals surface area contributed by atoms with E-state index >= 15 is 0 Å². The van der Waals surface area contributed by atoms with Crippen LogP contribution in [0.15, 0.2) is 42.5 Å². The van der Waals surface area contributed by atoms with Gasteiger partial charge in [-0.1, -0.05) is 18.2 Å². The number of ether oxygens (including phenoxy) is 2. The van der Waals surface area contributed by atoms with Crippen molar-refractivity contribution in [3.05, 3.63) is 53.6 Å². The van der Waals surface area contributed by atoms with Crippen LogP contribution in [0.1, 0.15) is 42.9 Å². The molecule has 28 heavy (non-hydrogen) atoms. The molecule has 0 unspecified atom stereocenters. The third-order valence-corrected chi connectivity index (χ3v) is 5.58. The van der Waals surface area contributed by atoms with Crippen LogP contribution in [0.2, 0.25) is 0 Å². The summed E-state index contributed by atoms with van der Waals surface area (Å²) >= 11 is 0. The zero-order valence-electron chi connectivity index (χ0n) is 16.2. The van der Waals surface area contributed by atoms with Crippen molar-refractivity contribution in [1.29, 1.82) is 0 Å². The lowest BCUT2D eigenvalue weighted by Crippen LogP contribution is -2.29. The molecule has 4 rings (SSSR count). The number of urea groups is 1. The van der Waals surface area contributed by atoms with Gasteiger partial charge in [0.2, 0.25) is 0 Å². The Hall–Kier alpha value is -2.89. The van der Waals surface area contributed by atoms with E-state index in [1.807, 2.05) is 47.4 Å². The summed E-state index contributed by atoms with van der Waals surface area (Å²) in [5.74, 6) is 1.50. The van der Waals surface area contributed by atoms with Crippen LogP contribution >= 0.6 is 0 Å². The van der Waals surface area contributed by atoms with Crippen LogP contribution in [-0.4, -0.2) is 30.7 Å². The second-order valence-corrected chi connectivity index (χ2v) is 7.51. The van der Waals surface area contributed by atoms with Crippen LogP contribution in [0.25, 0.3) is 0 Å². The molecule has 0 spiro atoms. The number of methoxy groups -OCH3 is 1. The van der Waals surface area contributed by atoms with E-state index in [0.717, 1.165) is 41.2 Å². The van der Waals surface area contributed by atoms with Gasteiger partial charge < -0.3 is 25.4 Å². The maximum atomic E-state index is 12.5. The summed E-state index contributed by atoms with van der Waals surface area (Å²) in [7, 11) is 1.66. The summed E-state index contributed by atoms with van der Waals surface area (Å²) in [4.78, 5) is 14.3.